The van der Waals surface area contributed by atoms with Crippen molar-refractivity contribution in [1.29, 1.82) is 0 Å². The topological polar surface area (TPSA) is 127 Å². The van der Waals surface area contributed by atoms with E-state index < -0.39 is 29.4 Å². The Kier molecular flexibility index (Phi) is 13.2. The van der Waals surface area contributed by atoms with Crippen LogP contribution in [0.25, 0.3) is 0 Å². The number of carboxylic acid groups (broad SMARTS) is 2. The standard InChI is InChI=1S/C19H35NO6S/c1-19(2,3)26-18(25)14(11-16(21)22)9-7-5-4-6-8-10-27-13-15(20)12-17(23)24/h14-15H,4-13,20H2,1-3H3,(H,21,22)(H,23,24)/t14?,15-/m1/s1. The molecule has 0 aromatic carbocycles. The van der Waals surface area contributed by atoms with Gasteiger partial charge in [0.25, 0.3) is 0 Å². The summed E-state index contributed by atoms with van der Waals surface area (Å²) in [6, 6.07) is -0.300. The van der Waals surface area contributed by atoms with Crippen molar-refractivity contribution in [1.82, 2.24) is 0 Å². The van der Waals surface area contributed by atoms with E-state index in [0.717, 1.165) is 37.9 Å². The Balaban J connectivity index is 3.87. The molecule has 0 heterocycles. The van der Waals surface area contributed by atoms with Crippen molar-refractivity contribution in [2.45, 2.75) is 83.8 Å². The highest BCUT2D eigenvalue weighted by molar-refractivity contribution is 7.99. The second-order valence-corrected chi connectivity index (χ2v) is 8.97. The Morgan fingerprint density at radius 2 is 1.52 bits per heavy atom. The second-order valence-electron chi connectivity index (χ2n) is 7.82. The summed E-state index contributed by atoms with van der Waals surface area (Å²) >= 11 is 1.67. The normalized spacial score (nSPS) is 13.8. The Bertz CT molecular complexity index is 464. The van der Waals surface area contributed by atoms with Crippen molar-refractivity contribution < 1.29 is 29.3 Å². The van der Waals surface area contributed by atoms with Gasteiger partial charge in [-0.2, -0.15) is 11.8 Å². The highest BCUT2D eigenvalue weighted by Gasteiger charge is 2.26. The molecule has 0 spiro atoms. The van der Waals surface area contributed by atoms with Crippen LogP contribution in [0.3, 0.4) is 0 Å². The molecule has 158 valence electrons. The molecule has 1 unspecified atom stereocenters. The maximum atomic E-state index is 12.1. The third kappa shape index (κ3) is 16.6. The summed E-state index contributed by atoms with van der Waals surface area (Å²) in [6.07, 6.45) is 5.20. The number of rotatable bonds is 15. The van der Waals surface area contributed by atoms with Crippen molar-refractivity contribution >= 4 is 29.7 Å². The Morgan fingerprint density at radius 1 is 0.963 bits per heavy atom. The fraction of sp³-hybridized carbons (Fsp3) is 0.842. The van der Waals surface area contributed by atoms with Crippen molar-refractivity contribution in [2.24, 2.45) is 11.7 Å². The van der Waals surface area contributed by atoms with E-state index in [1.165, 1.54) is 0 Å². The van der Waals surface area contributed by atoms with Gasteiger partial charge in [-0.1, -0.05) is 25.7 Å². The highest BCUT2D eigenvalue weighted by Crippen LogP contribution is 2.20. The molecule has 0 aliphatic heterocycles. The van der Waals surface area contributed by atoms with Crippen molar-refractivity contribution in [2.75, 3.05) is 11.5 Å². The van der Waals surface area contributed by atoms with E-state index in [9.17, 15) is 14.4 Å². The molecule has 0 radical (unpaired) electrons. The maximum absolute atomic E-state index is 12.1. The Labute approximate surface area is 166 Å². The maximum Gasteiger partial charge on any atom is 0.310 e. The lowest BCUT2D eigenvalue weighted by Crippen LogP contribution is -2.30. The first kappa shape index (κ1) is 25.7. The molecule has 0 rings (SSSR count). The molecule has 0 aliphatic carbocycles. The molecule has 7 nitrogen and oxygen atoms in total. The van der Waals surface area contributed by atoms with Crippen molar-refractivity contribution in [3.63, 3.8) is 0 Å². The third-order valence-electron chi connectivity index (χ3n) is 3.77. The number of aliphatic carboxylic acids is 2. The molecular weight excluding hydrogens is 370 g/mol. The molecule has 0 aromatic heterocycles. The number of carbonyl (C=O) groups is 3. The monoisotopic (exact) mass is 405 g/mol. The molecule has 0 amide bonds. The highest BCUT2D eigenvalue weighted by atomic mass is 32.2. The lowest BCUT2D eigenvalue weighted by atomic mass is 9.97. The predicted molar refractivity (Wildman–Crippen MR) is 107 cm³/mol. The number of nitrogens with two attached hydrogens (primary N) is 1. The number of carboxylic acids is 2. The van der Waals surface area contributed by atoms with Gasteiger partial charge in [0.1, 0.15) is 5.60 Å². The molecule has 27 heavy (non-hydrogen) atoms. The molecule has 0 fully saturated rings. The van der Waals surface area contributed by atoms with Gasteiger partial charge >= 0.3 is 17.9 Å². The van der Waals surface area contributed by atoms with Crippen LogP contribution in [0.4, 0.5) is 0 Å². The second kappa shape index (κ2) is 13.8. The number of hydrogen-bond donors (Lipinski definition) is 3. The molecule has 0 bridgehead atoms. The number of carbonyl (C=O) groups excluding carboxylic acids is 1. The van der Waals surface area contributed by atoms with Gasteiger partial charge in [0.2, 0.25) is 0 Å². The lowest BCUT2D eigenvalue weighted by molar-refractivity contribution is -0.163. The van der Waals surface area contributed by atoms with E-state index in [-0.39, 0.29) is 18.9 Å². The zero-order valence-electron chi connectivity index (χ0n) is 16.7. The van der Waals surface area contributed by atoms with Gasteiger partial charge in [-0.15, -0.1) is 0 Å². The Hall–Kier alpha value is -1.28. The van der Waals surface area contributed by atoms with Crippen LogP contribution in [0.5, 0.6) is 0 Å². The smallest absolute Gasteiger partial charge is 0.310 e. The van der Waals surface area contributed by atoms with Crippen LogP contribution in [0.1, 0.15) is 72.1 Å². The fourth-order valence-electron chi connectivity index (χ4n) is 2.54. The van der Waals surface area contributed by atoms with Crippen LogP contribution in [-0.2, 0) is 19.1 Å². The third-order valence-corrected chi connectivity index (χ3v) is 5.01. The van der Waals surface area contributed by atoms with E-state index in [1.54, 1.807) is 32.5 Å². The van der Waals surface area contributed by atoms with Gasteiger partial charge in [-0.25, -0.2) is 0 Å². The average Bonchev–Trinajstić information content (AvgIpc) is 2.49. The van der Waals surface area contributed by atoms with E-state index in [1.807, 2.05) is 0 Å². The first-order chi connectivity index (χ1) is 12.5. The zero-order chi connectivity index (χ0) is 20.9. The van der Waals surface area contributed by atoms with Crippen LogP contribution in [0.2, 0.25) is 0 Å². The van der Waals surface area contributed by atoms with E-state index in [4.69, 9.17) is 20.7 Å². The summed E-state index contributed by atoms with van der Waals surface area (Å²) in [7, 11) is 0. The van der Waals surface area contributed by atoms with Crippen LogP contribution in [0, 0.1) is 5.92 Å². The first-order valence-electron chi connectivity index (χ1n) is 9.51. The van der Waals surface area contributed by atoms with Crippen LogP contribution in [-0.4, -0.2) is 51.3 Å². The average molecular weight is 406 g/mol. The minimum absolute atomic E-state index is 0.00214. The zero-order valence-corrected chi connectivity index (χ0v) is 17.6. The predicted octanol–water partition coefficient (Wildman–Crippen LogP) is 3.29. The minimum Gasteiger partial charge on any atom is -0.481 e. The van der Waals surface area contributed by atoms with Gasteiger partial charge in [0, 0.05) is 11.8 Å². The molecule has 0 saturated heterocycles. The quantitative estimate of drug-likeness (QED) is 0.280. The number of esters is 1. The fourth-order valence-corrected chi connectivity index (χ4v) is 3.54. The van der Waals surface area contributed by atoms with Gasteiger partial charge < -0.3 is 20.7 Å². The lowest BCUT2D eigenvalue weighted by Gasteiger charge is -2.23. The molecule has 2 atom stereocenters. The molecule has 0 aliphatic rings. The van der Waals surface area contributed by atoms with E-state index in [2.05, 4.69) is 0 Å². The summed E-state index contributed by atoms with van der Waals surface area (Å²) in [4.78, 5) is 33.6. The van der Waals surface area contributed by atoms with Gasteiger partial charge in [-0.05, 0) is 39.4 Å². The molecule has 0 saturated carbocycles. The first-order valence-corrected chi connectivity index (χ1v) is 10.7. The summed E-state index contributed by atoms with van der Waals surface area (Å²) in [5.41, 5.74) is 5.09. The number of unbranched alkanes of at least 4 members (excludes halogenated alkanes) is 4. The molecule has 8 heteroatoms. The molecule has 0 aromatic rings. The van der Waals surface area contributed by atoms with Gasteiger partial charge in [-0.3, -0.25) is 14.4 Å². The summed E-state index contributed by atoms with van der Waals surface area (Å²) in [6.45, 7) is 5.32. The van der Waals surface area contributed by atoms with Gasteiger partial charge in [0.15, 0.2) is 0 Å². The van der Waals surface area contributed by atoms with E-state index >= 15 is 0 Å². The number of ether oxygens (including phenoxy) is 1. The molecular formula is C19H35NO6S. The van der Waals surface area contributed by atoms with Crippen molar-refractivity contribution in [3.8, 4) is 0 Å². The number of hydrogen-bond acceptors (Lipinski definition) is 6. The van der Waals surface area contributed by atoms with Crippen molar-refractivity contribution in [3.05, 3.63) is 0 Å². The summed E-state index contributed by atoms with van der Waals surface area (Å²) < 4.78 is 5.31. The minimum atomic E-state index is -0.982. The van der Waals surface area contributed by atoms with Gasteiger partial charge in [0.05, 0.1) is 18.8 Å². The van der Waals surface area contributed by atoms with Crippen LogP contribution < -0.4 is 5.73 Å². The largest absolute Gasteiger partial charge is 0.481 e. The SMILES string of the molecule is CC(C)(C)OC(=O)C(CCCCCCCSC[C@H](N)CC(=O)O)CC(=O)O. The number of thioether (sulfide) groups is 1. The van der Waals surface area contributed by atoms with Crippen LogP contribution in [0.15, 0.2) is 0 Å². The summed E-state index contributed by atoms with van der Waals surface area (Å²) in [5.74, 6) is -1.27. The van der Waals surface area contributed by atoms with Crippen LogP contribution >= 0.6 is 11.8 Å². The Morgan fingerprint density at radius 3 is 2.07 bits per heavy atom. The summed E-state index contributed by atoms with van der Waals surface area (Å²) in [5, 5.41) is 17.6. The van der Waals surface area contributed by atoms with E-state index in [0.29, 0.717) is 12.2 Å². The molecule has 4 N–H and O–H groups in total.